The first kappa shape index (κ1) is 15.6. The Hall–Kier alpha value is -2.30. The molecule has 0 saturated carbocycles. The molecule has 116 valence electrons. The van der Waals surface area contributed by atoms with E-state index in [1.165, 1.54) is 6.07 Å². The maximum absolute atomic E-state index is 11.7. The van der Waals surface area contributed by atoms with E-state index in [0.29, 0.717) is 28.3 Å². The molecule has 0 radical (unpaired) electrons. The summed E-state index contributed by atoms with van der Waals surface area (Å²) in [6, 6.07) is 13.7. The predicted octanol–water partition coefficient (Wildman–Crippen LogP) is 4.40. The van der Waals surface area contributed by atoms with E-state index in [4.69, 9.17) is 32.4 Å². The van der Waals surface area contributed by atoms with Crippen molar-refractivity contribution in [3.05, 3.63) is 75.1 Å². The second-order valence-corrected chi connectivity index (χ2v) is 5.62. The topological polar surface area (TPSA) is 56.5 Å². The summed E-state index contributed by atoms with van der Waals surface area (Å²) < 4.78 is 10.8. The van der Waals surface area contributed by atoms with E-state index in [1.54, 1.807) is 30.3 Å². The lowest BCUT2D eigenvalue weighted by molar-refractivity contribution is 0.107. The number of fused-ring (bicyclic) bond motifs is 1. The van der Waals surface area contributed by atoms with Gasteiger partial charge in [-0.1, -0.05) is 23.7 Å². The van der Waals surface area contributed by atoms with E-state index in [1.807, 2.05) is 12.1 Å². The van der Waals surface area contributed by atoms with Gasteiger partial charge in [-0.2, -0.15) is 0 Å². The summed E-state index contributed by atoms with van der Waals surface area (Å²) >= 11 is 11.2. The quantitative estimate of drug-likeness (QED) is 0.517. The van der Waals surface area contributed by atoms with Crippen molar-refractivity contribution in [2.24, 2.45) is 0 Å². The molecule has 0 aliphatic rings. The minimum atomic E-state index is -0.844. The maximum Gasteiger partial charge on any atom is 0.348 e. The number of hydrogen-bond acceptors (Lipinski definition) is 4. The van der Waals surface area contributed by atoms with Crippen LogP contribution in [0.1, 0.15) is 15.9 Å². The van der Waals surface area contributed by atoms with Crippen molar-refractivity contribution in [2.75, 3.05) is 0 Å². The Balaban J connectivity index is 1.85. The van der Waals surface area contributed by atoms with E-state index >= 15 is 0 Å². The first-order valence-corrected chi connectivity index (χ1v) is 7.43. The molecular formula is C17H10Cl2O4. The summed E-state index contributed by atoms with van der Waals surface area (Å²) in [6.45, 7) is 0.352. The first-order chi connectivity index (χ1) is 11.0. The van der Waals surface area contributed by atoms with Gasteiger partial charge in [0.1, 0.15) is 23.5 Å². The fourth-order valence-electron chi connectivity index (χ4n) is 2.07. The van der Waals surface area contributed by atoms with Gasteiger partial charge in [0.05, 0.1) is 0 Å². The summed E-state index contributed by atoms with van der Waals surface area (Å²) in [7, 11) is 0. The monoisotopic (exact) mass is 348 g/mol. The molecule has 1 heterocycles. The number of ether oxygens (including phenoxy) is 1. The van der Waals surface area contributed by atoms with Gasteiger partial charge in [-0.25, -0.2) is 4.79 Å². The molecule has 2 aromatic carbocycles. The molecule has 1 aromatic heterocycles. The Labute approximate surface area is 141 Å². The van der Waals surface area contributed by atoms with Gasteiger partial charge in [0.25, 0.3) is 5.24 Å². The number of rotatable bonds is 4. The van der Waals surface area contributed by atoms with E-state index in [0.717, 1.165) is 5.56 Å². The molecule has 0 amide bonds. The lowest BCUT2D eigenvalue weighted by atomic mass is 10.2. The number of carbonyl (C=O) groups is 1. The van der Waals surface area contributed by atoms with Crippen LogP contribution in [0.4, 0.5) is 0 Å². The Bertz CT molecular complexity index is 929. The van der Waals surface area contributed by atoms with Gasteiger partial charge in [0, 0.05) is 16.5 Å². The van der Waals surface area contributed by atoms with Crippen LogP contribution in [-0.4, -0.2) is 5.24 Å². The van der Waals surface area contributed by atoms with E-state index < -0.39 is 10.9 Å². The van der Waals surface area contributed by atoms with Crippen LogP contribution in [0, 0.1) is 0 Å². The van der Waals surface area contributed by atoms with Crippen molar-refractivity contribution in [3.63, 3.8) is 0 Å². The molecule has 6 heteroatoms. The predicted molar refractivity (Wildman–Crippen MR) is 88.5 cm³/mol. The fraction of sp³-hybridized carbons (Fsp3) is 0.0588. The van der Waals surface area contributed by atoms with Crippen LogP contribution in [0.15, 0.2) is 57.7 Å². The van der Waals surface area contributed by atoms with Crippen LogP contribution in [0.3, 0.4) is 0 Å². The van der Waals surface area contributed by atoms with Crippen LogP contribution in [0.25, 0.3) is 11.0 Å². The third kappa shape index (κ3) is 3.55. The highest BCUT2D eigenvalue weighted by molar-refractivity contribution is 6.67. The van der Waals surface area contributed by atoms with Crippen molar-refractivity contribution < 1.29 is 13.9 Å². The lowest BCUT2D eigenvalue weighted by Gasteiger charge is -2.07. The second-order valence-electron chi connectivity index (χ2n) is 4.84. The molecule has 0 saturated heterocycles. The minimum Gasteiger partial charge on any atom is -0.489 e. The molecule has 0 fully saturated rings. The molecule has 0 N–H and O–H groups in total. The maximum atomic E-state index is 11.7. The van der Waals surface area contributed by atoms with E-state index in [9.17, 15) is 9.59 Å². The molecule has 3 aromatic rings. The van der Waals surface area contributed by atoms with Crippen molar-refractivity contribution in [2.45, 2.75) is 6.61 Å². The first-order valence-electron chi connectivity index (χ1n) is 6.68. The van der Waals surface area contributed by atoms with E-state index in [2.05, 4.69) is 0 Å². The summed E-state index contributed by atoms with van der Waals surface area (Å²) in [5.74, 6) is 0.542. The molecule has 0 aliphatic heterocycles. The largest absolute Gasteiger partial charge is 0.489 e. The van der Waals surface area contributed by atoms with Gasteiger partial charge in [0.2, 0.25) is 0 Å². The average Bonchev–Trinajstić information content (AvgIpc) is 2.53. The normalized spacial score (nSPS) is 10.7. The number of hydrogen-bond donors (Lipinski definition) is 0. The van der Waals surface area contributed by atoms with Crippen LogP contribution >= 0.6 is 23.2 Å². The molecular weight excluding hydrogens is 339 g/mol. The van der Waals surface area contributed by atoms with Gasteiger partial charge >= 0.3 is 5.63 Å². The van der Waals surface area contributed by atoms with Crippen molar-refractivity contribution in [1.82, 2.24) is 0 Å². The Morgan fingerprint density at radius 2 is 1.83 bits per heavy atom. The Kier molecular flexibility index (Phi) is 4.37. The summed E-state index contributed by atoms with van der Waals surface area (Å²) in [4.78, 5) is 22.8. The molecule has 3 rings (SSSR count). The van der Waals surface area contributed by atoms with Gasteiger partial charge < -0.3 is 9.15 Å². The van der Waals surface area contributed by atoms with Crippen molar-refractivity contribution in [3.8, 4) is 5.75 Å². The van der Waals surface area contributed by atoms with E-state index in [-0.39, 0.29) is 5.56 Å². The average molecular weight is 349 g/mol. The lowest BCUT2D eigenvalue weighted by Crippen LogP contribution is -2.09. The molecule has 0 unspecified atom stereocenters. The number of benzene rings is 2. The highest BCUT2D eigenvalue weighted by atomic mass is 35.5. The highest BCUT2D eigenvalue weighted by Gasteiger charge is 2.11. The number of halogens is 2. The zero-order valence-corrected chi connectivity index (χ0v) is 13.2. The summed E-state index contributed by atoms with van der Waals surface area (Å²) in [5.41, 5.74) is 0.325. The van der Waals surface area contributed by atoms with Crippen LogP contribution in [-0.2, 0) is 6.61 Å². The molecule has 0 aliphatic carbocycles. The third-order valence-electron chi connectivity index (χ3n) is 3.24. The Morgan fingerprint density at radius 1 is 1.09 bits per heavy atom. The number of carbonyl (C=O) groups excluding carboxylic acids is 1. The smallest absolute Gasteiger partial charge is 0.348 e. The second kappa shape index (κ2) is 6.44. The summed E-state index contributed by atoms with van der Waals surface area (Å²) in [6.07, 6.45) is 0. The van der Waals surface area contributed by atoms with Gasteiger partial charge in [0.15, 0.2) is 0 Å². The van der Waals surface area contributed by atoms with Gasteiger partial charge in [-0.3, -0.25) is 4.79 Å². The minimum absolute atomic E-state index is 0.186. The molecule has 4 nitrogen and oxygen atoms in total. The van der Waals surface area contributed by atoms with Crippen LogP contribution in [0.5, 0.6) is 5.75 Å². The fourth-order valence-corrected chi connectivity index (χ4v) is 2.32. The zero-order chi connectivity index (χ0) is 16.4. The van der Waals surface area contributed by atoms with Crippen molar-refractivity contribution in [1.29, 1.82) is 0 Å². The van der Waals surface area contributed by atoms with Crippen molar-refractivity contribution >= 4 is 39.4 Å². The molecule has 0 spiro atoms. The third-order valence-corrected chi connectivity index (χ3v) is 3.69. The van der Waals surface area contributed by atoms with Gasteiger partial charge in [-0.05, 0) is 47.5 Å². The highest BCUT2D eigenvalue weighted by Crippen LogP contribution is 2.22. The molecule has 23 heavy (non-hydrogen) atoms. The molecule has 0 bridgehead atoms. The van der Waals surface area contributed by atoms with Gasteiger partial charge in [-0.15, -0.1) is 0 Å². The van der Waals surface area contributed by atoms with Crippen LogP contribution < -0.4 is 10.4 Å². The van der Waals surface area contributed by atoms with Crippen LogP contribution in [0.2, 0.25) is 5.02 Å². The molecule has 0 atom stereocenters. The zero-order valence-electron chi connectivity index (χ0n) is 11.7. The SMILES string of the molecule is O=C(Cl)c1cc2ccc(OCc3ccc(Cl)cc3)cc2oc1=O. The standard InChI is InChI=1S/C17H10Cl2O4/c18-12-4-1-10(2-5-12)9-22-13-6-3-11-7-14(16(19)20)17(21)23-15(11)8-13/h1-8H,9H2. The Morgan fingerprint density at radius 3 is 2.52 bits per heavy atom. The summed E-state index contributed by atoms with van der Waals surface area (Å²) in [5, 5.41) is 0.405.